The Hall–Kier alpha value is -2.63. The van der Waals surface area contributed by atoms with Crippen LogP contribution in [0, 0.1) is 11.3 Å². The van der Waals surface area contributed by atoms with Crippen molar-refractivity contribution in [3.05, 3.63) is 47.3 Å². The van der Waals surface area contributed by atoms with Gasteiger partial charge in [-0.3, -0.25) is 14.7 Å². The Labute approximate surface area is 158 Å². The molecule has 1 aliphatic heterocycles. The predicted molar refractivity (Wildman–Crippen MR) is 101 cm³/mol. The number of benzene rings is 1. The Morgan fingerprint density at radius 2 is 1.93 bits per heavy atom. The average molecular weight is 364 g/mol. The number of aromatic amines is 1. The summed E-state index contributed by atoms with van der Waals surface area (Å²) < 4.78 is 0. The zero-order valence-electron chi connectivity index (χ0n) is 15.3. The molecule has 0 bridgehead atoms. The summed E-state index contributed by atoms with van der Waals surface area (Å²) in [5.41, 5.74) is 3.80. The number of H-pyrrole nitrogens is 1. The van der Waals surface area contributed by atoms with Crippen molar-refractivity contribution in [2.24, 2.45) is 11.3 Å². The molecule has 2 amide bonds. The van der Waals surface area contributed by atoms with Gasteiger partial charge in [-0.1, -0.05) is 18.2 Å². The summed E-state index contributed by atoms with van der Waals surface area (Å²) in [5.74, 6) is 0.242. The van der Waals surface area contributed by atoms with Crippen LogP contribution in [0.5, 0.6) is 0 Å². The highest BCUT2D eigenvalue weighted by molar-refractivity contribution is 5.96. The van der Waals surface area contributed by atoms with E-state index in [1.165, 1.54) is 0 Å². The molecule has 1 aromatic carbocycles. The van der Waals surface area contributed by atoms with E-state index in [4.69, 9.17) is 0 Å². The van der Waals surface area contributed by atoms with Gasteiger partial charge in [0.2, 0.25) is 5.91 Å². The minimum Gasteiger partial charge on any atom is -0.337 e. The summed E-state index contributed by atoms with van der Waals surface area (Å²) in [7, 11) is 0. The van der Waals surface area contributed by atoms with E-state index in [-0.39, 0.29) is 23.1 Å². The number of carbonyl (C=O) groups excluding carboxylic acids is 2. The normalized spacial score (nSPS) is 22.5. The standard InChI is InChI=1S/C21H24N4O2/c26-19(22-14-5-2-1-3-6-14)16-13-21(16)9-11-25(12-10-21)20(27)18-15-7-4-8-17(15)23-24-18/h1-3,5-6,16H,4,7-13H2,(H,22,26)(H,23,24). The molecule has 2 N–H and O–H groups in total. The summed E-state index contributed by atoms with van der Waals surface area (Å²) in [5, 5.41) is 10.3. The lowest BCUT2D eigenvalue weighted by atomic mass is 9.90. The van der Waals surface area contributed by atoms with Crippen molar-refractivity contribution in [2.75, 3.05) is 18.4 Å². The van der Waals surface area contributed by atoms with E-state index in [1.54, 1.807) is 0 Å². The highest BCUT2D eigenvalue weighted by Crippen LogP contribution is 2.59. The number of aryl methyl sites for hydroxylation is 1. The fourth-order valence-corrected chi connectivity index (χ4v) is 4.82. The number of piperidine rings is 1. The number of para-hydroxylation sites is 1. The predicted octanol–water partition coefficient (Wildman–Crippen LogP) is 2.78. The molecule has 6 heteroatoms. The monoisotopic (exact) mass is 364 g/mol. The lowest BCUT2D eigenvalue weighted by Crippen LogP contribution is -2.40. The Kier molecular flexibility index (Phi) is 3.81. The fraction of sp³-hybridized carbons (Fsp3) is 0.476. The third-order valence-corrected chi connectivity index (χ3v) is 6.60. The van der Waals surface area contributed by atoms with E-state index in [0.717, 1.165) is 68.6 Å². The number of hydrogen-bond donors (Lipinski definition) is 2. The Morgan fingerprint density at radius 1 is 1.15 bits per heavy atom. The summed E-state index contributed by atoms with van der Waals surface area (Å²) in [6.45, 7) is 1.44. The van der Waals surface area contributed by atoms with Crippen molar-refractivity contribution >= 4 is 17.5 Å². The van der Waals surface area contributed by atoms with E-state index < -0.39 is 0 Å². The Morgan fingerprint density at radius 3 is 2.70 bits per heavy atom. The first-order valence-electron chi connectivity index (χ1n) is 9.88. The molecule has 0 radical (unpaired) electrons. The first-order chi connectivity index (χ1) is 13.2. The molecule has 2 fully saturated rings. The quantitative estimate of drug-likeness (QED) is 0.879. The Balaban J connectivity index is 1.20. The van der Waals surface area contributed by atoms with Crippen molar-refractivity contribution in [1.82, 2.24) is 15.1 Å². The van der Waals surface area contributed by atoms with Crippen LogP contribution in [0.25, 0.3) is 0 Å². The lowest BCUT2D eigenvalue weighted by molar-refractivity contribution is -0.118. The highest BCUT2D eigenvalue weighted by Gasteiger charge is 2.58. The van der Waals surface area contributed by atoms with Crippen molar-refractivity contribution < 1.29 is 9.59 Å². The van der Waals surface area contributed by atoms with Crippen LogP contribution in [-0.4, -0.2) is 40.0 Å². The molecular weight excluding hydrogens is 340 g/mol. The summed E-state index contributed by atoms with van der Waals surface area (Å²) >= 11 is 0. The number of aromatic nitrogens is 2. The van der Waals surface area contributed by atoms with Crippen LogP contribution in [0.2, 0.25) is 0 Å². The summed E-state index contributed by atoms with van der Waals surface area (Å²) in [6, 6.07) is 9.62. The lowest BCUT2D eigenvalue weighted by Gasteiger charge is -2.32. The molecule has 1 saturated heterocycles. The van der Waals surface area contributed by atoms with Crippen LogP contribution >= 0.6 is 0 Å². The molecule has 1 atom stereocenters. The fourth-order valence-electron chi connectivity index (χ4n) is 4.82. The number of nitrogens with zero attached hydrogens (tertiary/aromatic N) is 2. The minimum absolute atomic E-state index is 0.0511. The first kappa shape index (κ1) is 16.5. The topological polar surface area (TPSA) is 78.1 Å². The smallest absolute Gasteiger partial charge is 0.274 e. The van der Waals surface area contributed by atoms with Gasteiger partial charge in [-0.05, 0) is 56.1 Å². The van der Waals surface area contributed by atoms with Gasteiger partial charge in [0.15, 0.2) is 5.69 Å². The molecule has 1 saturated carbocycles. The van der Waals surface area contributed by atoms with Crippen molar-refractivity contribution in [1.29, 1.82) is 0 Å². The van der Waals surface area contributed by atoms with Gasteiger partial charge in [-0.25, -0.2) is 0 Å². The van der Waals surface area contributed by atoms with Gasteiger partial charge < -0.3 is 10.2 Å². The van der Waals surface area contributed by atoms with Crippen LogP contribution < -0.4 is 5.32 Å². The maximum absolute atomic E-state index is 12.9. The molecule has 5 rings (SSSR count). The number of carbonyl (C=O) groups is 2. The number of likely N-dealkylation sites (tertiary alicyclic amines) is 1. The first-order valence-corrected chi connectivity index (χ1v) is 9.88. The number of hydrogen-bond acceptors (Lipinski definition) is 3. The number of fused-ring (bicyclic) bond motifs is 1. The molecular formula is C21H24N4O2. The van der Waals surface area contributed by atoms with Crippen LogP contribution in [0.15, 0.2) is 30.3 Å². The number of anilines is 1. The van der Waals surface area contributed by atoms with E-state index in [2.05, 4.69) is 15.5 Å². The second kappa shape index (κ2) is 6.22. The summed E-state index contributed by atoms with van der Waals surface area (Å²) in [6.07, 6.45) is 5.79. The molecule has 27 heavy (non-hydrogen) atoms. The molecule has 2 heterocycles. The van der Waals surface area contributed by atoms with E-state index in [9.17, 15) is 9.59 Å². The second-order valence-electron chi connectivity index (χ2n) is 8.15. The number of nitrogens with one attached hydrogen (secondary N) is 2. The van der Waals surface area contributed by atoms with Gasteiger partial charge in [0.1, 0.15) is 0 Å². The third kappa shape index (κ3) is 2.83. The van der Waals surface area contributed by atoms with Crippen molar-refractivity contribution in [3.63, 3.8) is 0 Å². The highest BCUT2D eigenvalue weighted by atomic mass is 16.2. The van der Waals surface area contributed by atoms with Gasteiger partial charge in [0, 0.05) is 36.0 Å². The van der Waals surface area contributed by atoms with E-state index in [1.807, 2.05) is 35.2 Å². The van der Waals surface area contributed by atoms with Gasteiger partial charge in [-0.2, -0.15) is 5.10 Å². The SMILES string of the molecule is O=C(Nc1ccccc1)C1CC12CCN(C(=O)c1n[nH]c3c1CCC3)CC2. The van der Waals surface area contributed by atoms with Crippen molar-refractivity contribution in [3.8, 4) is 0 Å². The van der Waals surface area contributed by atoms with Gasteiger partial charge in [0.05, 0.1) is 0 Å². The van der Waals surface area contributed by atoms with Crippen LogP contribution in [0.4, 0.5) is 5.69 Å². The molecule has 140 valence electrons. The molecule has 1 spiro atoms. The summed E-state index contributed by atoms with van der Waals surface area (Å²) in [4.78, 5) is 27.4. The molecule has 6 nitrogen and oxygen atoms in total. The molecule has 2 aromatic rings. The van der Waals surface area contributed by atoms with Crippen molar-refractivity contribution in [2.45, 2.75) is 38.5 Å². The van der Waals surface area contributed by atoms with Gasteiger partial charge in [-0.15, -0.1) is 0 Å². The minimum atomic E-state index is 0.0511. The van der Waals surface area contributed by atoms with Crippen LogP contribution in [0.3, 0.4) is 0 Å². The molecule has 3 aliphatic rings. The maximum Gasteiger partial charge on any atom is 0.274 e. The van der Waals surface area contributed by atoms with Gasteiger partial charge in [0.25, 0.3) is 5.91 Å². The van der Waals surface area contributed by atoms with E-state index >= 15 is 0 Å². The van der Waals surface area contributed by atoms with E-state index in [0.29, 0.717) is 5.69 Å². The van der Waals surface area contributed by atoms with Gasteiger partial charge >= 0.3 is 0 Å². The zero-order chi connectivity index (χ0) is 18.4. The number of rotatable bonds is 3. The second-order valence-corrected chi connectivity index (χ2v) is 8.15. The molecule has 1 unspecified atom stereocenters. The average Bonchev–Trinajstić information content (AvgIpc) is 3.02. The Bertz CT molecular complexity index is 881. The van der Waals surface area contributed by atoms with Crippen LogP contribution in [-0.2, 0) is 17.6 Å². The number of amides is 2. The largest absolute Gasteiger partial charge is 0.337 e. The third-order valence-electron chi connectivity index (χ3n) is 6.60. The molecule has 2 aliphatic carbocycles. The van der Waals surface area contributed by atoms with Crippen LogP contribution in [0.1, 0.15) is 47.4 Å². The molecule has 1 aromatic heterocycles. The maximum atomic E-state index is 12.9. The zero-order valence-corrected chi connectivity index (χ0v) is 15.3.